The molecule has 1 fully saturated rings. The fourth-order valence-electron chi connectivity index (χ4n) is 5.02. The largest absolute Gasteiger partial charge is 0.478 e. The summed E-state index contributed by atoms with van der Waals surface area (Å²) in [5.74, 6) is -5.63. The van der Waals surface area contributed by atoms with Crippen LogP contribution in [0, 0.1) is 28.8 Å². The molecular weight excluding hydrogens is 651 g/mol. The minimum atomic E-state index is -4.30. The molecule has 242 valence electrons. The Bertz CT molecular complexity index is 2300. The van der Waals surface area contributed by atoms with Crippen molar-refractivity contribution >= 4 is 44.2 Å². The first-order valence-corrected chi connectivity index (χ1v) is 15.6. The SMILES string of the molecule is N#Cc1ccc(-c2cc(F)c3c(Nc4cc(Oc5cc(F)cc(F)c5)cc(C(=O)O)c4)c(S(=O)(=O)NC4CC4)cnc3c2)c(C(N)=O)c1. The number of anilines is 2. The highest BCUT2D eigenvalue weighted by atomic mass is 32.2. The van der Waals surface area contributed by atoms with Gasteiger partial charge in [-0.25, -0.2) is 31.1 Å². The number of hydrogen-bond donors (Lipinski definition) is 4. The van der Waals surface area contributed by atoms with Crippen LogP contribution in [0.3, 0.4) is 0 Å². The standard InChI is InChI=1S/C33H22F3N5O6S/c34-19-10-20(35)12-24(11-19)47-23-7-18(33(43)44)6-22(13-23)40-31-29(48(45,46)41-21-2-3-21)15-39-28-9-17(8-27(36)30(28)31)25-4-1-16(14-37)5-26(25)32(38)42/h1,4-13,15,21,41H,2-3H2,(H2,38,42)(H,39,40)(H,43,44). The number of benzene rings is 4. The molecule has 1 saturated carbocycles. The molecule has 11 nitrogen and oxygen atoms in total. The number of nitriles is 1. The van der Waals surface area contributed by atoms with Gasteiger partial charge < -0.3 is 20.9 Å². The highest BCUT2D eigenvalue weighted by Crippen LogP contribution is 2.39. The van der Waals surface area contributed by atoms with E-state index in [-0.39, 0.29) is 67.6 Å². The summed E-state index contributed by atoms with van der Waals surface area (Å²) in [5, 5.41) is 21.5. The molecule has 0 unspecified atom stereocenters. The predicted molar refractivity (Wildman–Crippen MR) is 167 cm³/mol. The quantitative estimate of drug-likeness (QED) is 0.139. The number of carbonyl (C=O) groups excluding carboxylic acids is 1. The van der Waals surface area contributed by atoms with E-state index in [2.05, 4.69) is 15.0 Å². The number of aromatic carboxylic acids is 1. The third-order valence-electron chi connectivity index (χ3n) is 7.30. The number of rotatable bonds is 10. The summed E-state index contributed by atoms with van der Waals surface area (Å²) in [5.41, 5.74) is 5.15. The number of fused-ring (bicyclic) bond motifs is 1. The number of primary amides is 1. The average Bonchev–Trinajstić information content (AvgIpc) is 3.83. The zero-order valence-corrected chi connectivity index (χ0v) is 25.2. The van der Waals surface area contributed by atoms with E-state index in [0.29, 0.717) is 18.9 Å². The molecule has 4 aromatic carbocycles. The Kier molecular flexibility index (Phi) is 8.21. The number of nitrogens with one attached hydrogen (secondary N) is 2. The van der Waals surface area contributed by atoms with Gasteiger partial charge >= 0.3 is 5.97 Å². The number of carboxylic acid groups (broad SMARTS) is 1. The topological polar surface area (TPSA) is 184 Å². The monoisotopic (exact) mass is 673 g/mol. The van der Waals surface area contributed by atoms with Gasteiger partial charge in [-0.3, -0.25) is 9.78 Å². The van der Waals surface area contributed by atoms with Crippen LogP contribution in [0.5, 0.6) is 11.5 Å². The number of carboxylic acids is 1. The lowest BCUT2D eigenvalue weighted by atomic mass is 9.96. The van der Waals surface area contributed by atoms with Crippen LogP contribution in [0.1, 0.15) is 39.1 Å². The first-order valence-electron chi connectivity index (χ1n) is 14.1. The van der Waals surface area contributed by atoms with Crippen molar-refractivity contribution in [2.75, 3.05) is 5.32 Å². The van der Waals surface area contributed by atoms with Crippen LogP contribution in [0.4, 0.5) is 24.5 Å². The Hall–Kier alpha value is -5.98. The molecule has 48 heavy (non-hydrogen) atoms. The van der Waals surface area contributed by atoms with Gasteiger partial charge in [0.2, 0.25) is 15.9 Å². The number of nitrogens with two attached hydrogens (primary N) is 1. The van der Waals surface area contributed by atoms with Crippen molar-refractivity contribution in [3.8, 4) is 28.7 Å². The number of nitrogens with zero attached hydrogens (tertiary/aromatic N) is 2. The summed E-state index contributed by atoms with van der Waals surface area (Å²) in [6.45, 7) is 0. The lowest BCUT2D eigenvalue weighted by Crippen LogP contribution is -2.26. The maximum atomic E-state index is 16.2. The smallest absolute Gasteiger partial charge is 0.335 e. The van der Waals surface area contributed by atoms with Gasteiger partial charge in [0.25, 0.3) is 0 Å². The van der Waals surface area contributed by atoms with Crippen molar-refractivity contribution in [2.45, 2.75) is 23.8 Å². The van der Waals surface area contributed by atoms with Crippen LogP contribution in [0.2, 0.25) is 0 Å². The van der Waals surface area contributed by atoms with Crippen LogP contribution in [0.15, 0.2) is 77.8 Å². The van der Waals surface area contributed by atoms with E-state index in [1.54, 1.807) is 0 Å². The van der Waals surface area contributed by atoms with E-state index in [4.69, 9.17) is 10.5 Å². The Labute approximate surface area is 270 Å². The summed E-state index contributed by atoms with van der Waals surface area (Å²) in [6, 6.07) is 13.9. The molecule has 1 aliphatic carbocycles. The summed E-state index contributed by atoms with van der Waals surface area (Å²) in [4.78, 5) is 27.9. The lowest BCUT2D eigenvalue weighted by Gasteiger charge is -2.18. The molecule has 15 heteroatoms. The molecule has 0 atom stereocenters. The third-order valence-corrected chi connectivity index (χ3v) is 8.83. The van der Waals surface area contributed by atoms with E-state index < -0.39 is 44.2 Å². The van der Waals surface area contributed by atoms with E-state index in [1.165, 1.54) is 30.3 Å². The van der Waals surface area contributed by atoms with Gasteiger partial charge in [0.1, 0.15) is 33.8 Å². The zero-order chi connectivity index (χ0) is 34.3. The molecule has 0 aliphatic heterocycles. The van der Waals surface area contributed by atoms with Crippen molar-refractivity contribution in [1.29, 1.82) is 5.26 Å². The Morgan fingerprint density at radius 3 is 2.33 bits per heavy atom. The van der Waals surface area contributed by atoms with Gasteiger partial charge in [-0.2, -0.15) is 5.26 Å². The predicted octanol–water partition coefficient (Wildman–Crippen LogP) is 5.96. The van der Waals surface area contributed by atoms with Gasteiger partial charge in [-0.15, -0.1) is 0 Å². The summed E-state index contributed by atoms with van der Waals surface area (Å²) in [7, 11) is -4.30. The first-order chi connectivity index (χ1) is 22.8. The fourth-order valence-corrected chi connectivity index (χ4v) is 6.43. The first kappa shape index (κ1) is 32.0. The summed E-state index contributed by atoms with van der Waals surface area (Å²) < 4.78 is 78.8. The van der Waals surface area contributed by atoms with Gasteiger partial charge in [-0.05, 0) is 60.4 Å². The molecule has 1 aliphatic rings. The number of hydrogen-bond acceptors (Lipinski definition) is 8. The van der Waals surface area contributed by atoms with Crippen molar-refractivity contribution in [1.82, 2.24) is 9.71 Å². The summed E-state index contributed by atoms with van der Waals surface area (Å²) in [6.07, 6.45) is 2.19. The molecule has 0 radical (unpaired) electrons. The van der Waals surface area contributed by atoms with E-state index in [9.17, 15) is 37.2 Å². The lowest BCUT2D eigenvalue weighted by molar-refractivity contribution is 0.0696. The number of pyridine rings is 1. The molecule has 6 rings (SSSR count). The molecule has 1 heterocycles. The second-order valence-electron chi connectivity index (χ2n) is 10.9. The Morgan fingerprint density at radius 1 is 0.979 bits per heavy atom. The molecule has 0 bridgehead atoms. The number of amides is 1. The van der Waals surface area contributed by atoms with Gasteiger partial charge in [-0.1, -0.05) is 6.07 Å². The second kappa shape index (κ2) is 12.3. The highest BCUT2D eigenvalue weighted by Gasteiger charge is 2.31. The number of halogens is 3. The van der Waals surface area contributed by atoms with E-state index in [0.717, 1.165) is 36.5 Å². The number of carbonyl (C=O) groups is 2. The van der Waals surface area contributed by atoms with Crippen molar-refractivity contribution in [2.24, 2.45) is 5.73 Å². The van der Waals surface area contributed by atoms with Crippen molar-refractivity contribution in [3.05, 3.63) is 107 Å². The van der Waals surface area contributed by atoms with Gasteiger partial charge in [0, 0.05) is 47.8 Å². The van der Waals surface area contributed by atoms with Crippen LogP contribution < -0.4 is 20.5 Å². The van der Waals surface area contributed by atoms with E-state index in [1.807, 2.05) is 6.07 Å². The minimum Gasteiger partial charge on any atom is -0.478 e. The zero-order valence-electron chi connectivity index (χ0n) is 24.4. The molecule has 0 spiro atoms. The Morgan fingerprint density at radius 2 is 1.69 bits per heavy atom. The van der Waals surface area contributed by atoms with Crippen LogP contribution >= 0.6 is 0 Å². The molecule has 5 aromatic rings. The molecule has 1 amide bonds. The number of aromatic nitrogens is 1. The van der Waals surface area contributed by atoms with Crippen LogP contribution in [0.25, 0.3) is 22.0 Å². The van der Waals surface area contributed by atoms with Gasteiger partial charge in [0.15, 0.2) is 0 Å². The Balaban J connectivity index is 1.52. The second-order valence-corrected chi connectivity index (χ2v) is 12.5. The summed E-state index contributed by atoms with van der Waals surface area (Å²) >= 11 is 0. The molecule has 0 saturated heterocycles. The molecule has 1 aromatic heterocycles. The maximum Gasteiger partial charge on any atom is 0.335 e. The molecular formula is C33H22F3N5O6S. The van der Waals surface area contributed by atoms with Gasteiger partial charge in [0.05, 0.1) is 33.8 Å². The molecule has 5 N–H and O–H groups in total. The number of sulfonamides is 1. The maximum absolute atomic E-state index is 16.2. The van der Waals surface area contributed by atoms with Crippen LogP contribution in [-0.4, -0.2) is 36.4 Å². The number of ether oxygens (including phenoxy) is 1. The highest BCUT2D eigenvalue weighted by molar-refractivity contribution is 7.89. The van der Waals surface area contributed by atoms with Crippen molar-refractivity contribution in [3.63, 3.8) is 0 Å². The minimum absolute atomic E-state index is 0.0567. The van der Waals surface area contributed by atoms with Crippen molar-refractivity contribution < 1.29 is 41.0 Å². The third kappa shape index (κ3) is 6.61. The van der Waals surface area contributed by atoms with Crippen LogP contribution in [-0.2, 0) is 10.0 Å². The van der Waals surface area contributed by atoms with E-state index >= 15 is 4.39 Å². The average molecular weight is 674 g/mol. The normalized spacial score (nSPS) is 12.8. The fraction of sp³-hybridized carbons (Fsp3) is 0.0909.